The number of carbonyl (C=O) groups excluding carboxylic acids is 1. The number of likely N-dealkylation sites (tertiary alicyclic amines) is 1. The van der Waals surface area contributed by atoms with Gasteiger partial charge in [0.15, 0.2) is 0 Å². The van der Waals surface area contributed by atoms with Crippen molar-refractivity contribution in [2.45, 2.75) is 56.7 Å². The van der Waals surface area contributed by atoms with E-state index < -0.39 is 0 Å². The number of hydrogen-bond acceptors (Lipinski definition) is 4. The molecule has 1 amide bonds. The predicted molar refractivity (Wildman–Crippen MR) is 74.7 cm³/mol. The molecule has 0 aromatic carbocycles. The first-order valence-corrected chi connectivity index (χ1v) is 7.49. The Morgan fingerprint density at radius 1 is 1.26 bits per heavy atom. The lowest BCUT2D eigenvalue weighted by Crippen LogP contribution is -2.51. The molecule has 1 aliphatic carbocycles. The molecule has 1 heterocycles. The van der Waals surface area contributed by atoms with Crippen LogP contribution in [0.25, 0.3) is 0 Å². The van der Waals surface area contributed by atoms with Crippen molar-refractivity contribution in [1.29, 1.82) is 0 Å². The van der Waals surface area contributed by atoms with Crippen LogP contribution in [-0.2, 0) is 4.79 Å². The van der Waals surface area contributed by atoms with Gasteiger partial charge in [0.25, 0.3) is 0 Å². The van der Waals surface area contributed by atoms with Gasteiger partial charge in [-0.15, -0.1) is 0 Å². The minimum Gasteiger partial charge on any atom is -0.391 e. The monoisotopic (exact) mass is 269 g/mol. The van der Waals surface area contributed by atoms with Gasteiger partial charge < -0.3 is 15.7 Å². The third-order valence-electron chi connectivity index (χ3n) is 4.58. The Hall–Kier alpha value is -0.650. The Morgan fingerprint density at radius 3 is 2.53 bits per heavy atom. The largest absolute Gasteiger partial charge is 0.391 e. The Labute approximate surface area is 115 Å². The van der Waals surface area contributed by atoms with Crippen molar-refractivity contribution in [3.8, 4) is 0 Å². The van der Waals surface area contributed by atoms with Crippen molar-refractivity contribution < 1.29 is 9.90 Å². The maximum atomic E-state index is 12.3. The first-order chi connectivity index (χ1) is 9.08. The highest BCUT2D eigenvalue weighted by molar-refractivity contribution is 5.78. The van der Waals surface area contributed by atoms with Crippen LogP contribution >= 0.6 is 0 Å². The zero-order valence-electron chi connectivity index (χ0n) is 11.9. The third kappa shape index (κ3) is 3.91. The molecule has 1 aliphatic heterocycles. The van der Waals surface area contributed by atoms with Crippen LogP contribution in [0.3, 0.4) is 0 Å². The van der Waals surface area contributed by atoms with Crippen LogP contribution in [0, 0.1) is 0 Å². The number of nitrogens with zero attached hydrogens (tertiary/aromatic N) is 2. The van der Waals surface area contributed by atoms with E-state index in [-0.39, 0.29) is 18.1 Å². The van der Waals surface area contributed by atoms with Gasteiger partial charge in [-0.05, 0) is 25.7 Å². The fourth-order valence-corrected chi connectivity index (χ4v) is 3.14. The molecule has 0 spiro atoms. The maximum absolute atomic E-state index is 12.3. The molecule has 2 fully saturated rings. The van der Waals surface area contributed by atoms with Crippen LogP contribution in [-0.4, -0.2) is 65.7 Å². The highest BCUT2D eigenvalue weighted by Crippen LogP contribution is 2.22. The summed E-state index contributed by atoms with van der Waals surface area (Å²) in [6, 6.07) is 0.303. The number of piperidine rings is 1. The van der Waals surface area contributed by atoms with Gasteiger partial charge in [-0.25, -0.2) is 0 Å². The second-order valence-electron chi connectivity index (χ2n) is 6.04. The predicted octanol–water partition coefficient (Wildman–Crippen LogP) is 0.171. The van der Waals surface area contributed by atoms with Gasteiger partial charge in [-0.1, -0.05) is 12.8 Å². The van der Waals surface area contributed by atoms with Gasteiger partial charge in [-0.2, -0.15) is 0 Å². The van der Waals surface area contributed by atoms with Crippen molar-refractivity contribution in [1.82, 2.24) is 9.80 Å². The summed E-state index contributed by atoms with van der Waals surface area (Å²) in [7, 11) is 1.83. The number of likely N-dealkylation sites (N-methyl/N-ethyl adjacent to an activating group) is 1. The lowest BCUT2D eigenvalue weighted by atomic mass is 9.91. The second-order valence-corrected chi connectivity index (χ2v) is 6.04. The number of aliphatic hydroxyl groups is 1. The average Bonchev–Trinajstić information content (AvgIpc) is 2.41. The summed E-state index contributed by atoms with van der Waals surface area (Å²) in [6.07, 6.45) is 5.53. The summed E-state index contributed by atoms with van der Waals surface area (Å²) < 4.78 is 0. The minimum absolute atomic E-state index is 0.00768. The molecule has 0 bridgehead atoms. The lowest BCUT2D eigenvalue weighted by molar-refractivity contribution is -0.136. The van der Waals surface area contributed by atoms with E-state index in [1.807, 2.05) is 7.05 Å². The van der Waals surface area contributed by atoms with Gasteiger partial charge >= 0.3 is 0 Å². The van der Waals surface area contributed by atoms with E-state index in [4.69, 9.17) is 5.73 Å². The number of amides is 1. The van der Waals surface area contributed by atoms with Crippen molar-refractivity contribution in [2.75, 3.05) is 26.7 Å². The zero-order valence-corrected chi connectivity index (χ0v) is 11.9. The van der Waals surface area contributed by atoms with E-state index >= 15 is 0 Å². The smallest absolute Gasteiger partial charge is 0.236 e. The van der Waals surface area contributed by atoms with Gasteiger partial charge in [-0.3, -0.25) is 9.69 Å². The molecule has 0 radical (unpaired) electrons. The van der Waals surface area contributed by atoms with Gasteiger partial charge in [0.05, 0.1) is 18.7 Å². The average molecular weight is 269 g/mol. The summed E-state index contributed by atoms with van der Waals surface area (Å²) in [5.41, 5.74) is 5.87. The number of nitrogens with two attached hydrogens (primary N) is 1. The van der Waals surface area contributed by atoms with Crippen molar-refractivity contribution >= 4 is 5.91 Å². The van der Waals surface area contributed by atoms with E-state index in [0.29, 0.717) is 12.6 Å². The Bertz CT molecular complexity index is 303. The summed E-state index contributed by atoms with van der Waals surface area (Å²) in [5.74, 6) is 0.126. The molecule has 5 heteroatoms. The van der Waals surface area contributed by atoms with E-state index in [1.54, 1.807) is 4.90 Å². The van der Waals surface area contributed by atoms with Crippen LogP contribution in [0.15, 0.2) is 0 Å². The number of hydrogen-bond donors (Lipinski definition) is 2. The SMILES string of the molecule is CN(C(=O)CN1CCC(N)CC1)C1CCCCC1O. The molecule has 0 aromatic rings. The fourth-order valence-electron chi connectivity index (χ4n) is 3.14. The van der Waals surface area contributed by atoms with Crippen LogP contribution in [0.4, 0.5) is 0 Å². The van der Waals surface area contributed by atoms with E-state index in [1.165, 1.54) is 0 Å². The summed E-state index contributed by atoms with van der Waals surface area (Å²) in [6.45, 7) is 2.29. The molecule has 110 valence electrons. The van der Waals surface area contributed by atoms with E-state index in [9.17, 15) is 9.90 Å². The normalized spacial score (nSPS) is 30.3. The van der Waals surface area contributed by atoms with Gasteiger partial charge in [0, 0.05) is 26.2 Å². The Kier molecular flexibility index (Phi) is 5.19. The van der Waals surface area contributed by atoms with E-state index in [0.717, 1.165) is 51.6 Å². The van der Waals surface area contributed by atoms with Crippen LogP contribution < -0.4 is 5.73 Å². The molecule has 2 atom stereocenters. The molecule has 0 aromatic heterocycles. The quantitative estimate of drug-likeness (QED) is 0.766. The molecular formula is C14H27N3O2. The molecule has 1 saturated heterocycles. The standard InChI is InChI=1S/C14H27N3O2/c1-16(12-4-2-3-5-13(12)18)14(19)10-17-8-6-11(15)7-9-17/h11-13,18H,2-10,15H2,1H3. The van der Waals surface area contributed by atoms with Crippen molar-refractivity contribution in [2.24, 2.45) is 5.73 Å². The molecular weight excluding hydrogens is 242 g/mol. The van der Waals surface area contributed by atoms with Crippen LogP contribution in [0.1, 0.15) is 38.5 Å². The molecule has 2 unspecified atom stereocenters. The molecule has 3 N–H and O–H groups in total. The maximum Gasteiger partial charge on any atom is 0.236 e. The van der Waals surface area contributed by atoms with E-state index in [2.05, 4.69) is 4.90 Å². The highest BCUT2D eigenvalue weighted by Gasteiger charge is 2.30. The first kappa shape index (κ1) is 14.8. The summed E-state index contributed by atoms with van der Waals surface area (Å²) in [5, 5.41) is 10.0. The van der Waals surface area contributed by atoms with Crippen LogP contribution in [0.5, 0.6) is 0 Å². The molecule has 1 saturated carbocycles. The molecule has 19 heavy (non-hydrogen) atoms. The number of aliphatic hydroxyl groups excluding tert-OH is 1. The molecule has 2 aliphatic rings. The first-order valence-electron chi connectivity index (χ1n) is 7.49. The number of rotatable bonds is 3. The van der Waals surface area contributed by atoms with Crippen molar-refractivity contribution in [3.63, 3.8) is 0 Å². The molecule has 2 rings (SSSR count). The fraction of sp³-hybridized carbons (Fsp3) is 0.929. The zero-order chi connectivity index (χ0) is 13.8. The van der Waals surface area contributed by atoms with Gasteiger partial charge in [0.1, 0.15) is 0 Å². The summed E-state index contributed by atoms with van der Waals surface area (Å²) >= 11 is 0. The minimum atomic E-state index is -0.350. The Balaban J connectivity index is 1.81. The number of carbonyl (C=O) groups is 1. The van der Waals surface area contributed by atoms with Gasteiger partial charge in [0.2, 0.25) is 5.91 Å². The second kappa shape index (κ2) is 6.68. The topological polar surface area (TPSA) is 69.8 Å². The van der Waals surface area contributed by atoms with Crippen molar-refractivity contribution in [3.05, 3.63) is 0 Å². The summed E-state index contributed by atoms with van der Waals surface area (Å²) in [4.78, 5) is 16.2. The molecule has 5 nitrogen and oxygen atoms in total. The third-order valence-corrected chi connectivity index (χ3v) is 4.58. The highest BCUT2D eigenvalue weighted by atomic mass is 16.3. The van der Waals surface area contributed by atoms with Crippen LogP contribution in [0.2, 0.25) is 0 Å². The lowest BCUT2D eigenvalue weighted by Gasteiger charge is -2.37. The Morgan fingerprint density at radius 2 is 1.89 bits per heavy atom.